The van der Waals surface area contributed by atoms with Gasteiger partial charge in [-0.1, -0.05) is 37.3 Å². The number of nitrogens with zero attached hydrogens (tertiary/aromatic N) is 1. The zero-order valence-corrected chi connectivity index (χ0v) is 29.2. The van der Waals surface area contributed by atoms with Crippen LogP contribution in [0, 0.1) is 50.1 Å². The number of nitrogens with two attached hydrogens (primary N) is 1. The summed E-state index contributed by atoms with van der Waals surface area (Å²) in [4.78, 5) is 27.5. The number of thioether (sulfide) groups is 1. The molecule has 1 aromatic heterocycles. The number of quaternary nitrogens is 1. The summed E-state index contributed by atoms with van der Waals surface area (Å²) in [5, 5.41) is 31.9. The molecule has 9 nitrogen and oxygen atoms in total. The molecule has 4 saturated carbocycles. The number of ether oxygens (including phenoxy) is 2. The Balaban J connectivity index is 1.20. The Kier molecular flexibility index (Phi) is 8.62. The van der Waals surface area contributed by atoms with E-state index < -0.39 is 33.9 Å². The lowest BCUT2D eigenvalue weighted by atomic mass is 9.45. The van der Waals surface area contributed by atoms with E-state index in [1.807, 2.05) is 18.3 Å². The lowest BCUT2D eigenvalue weighted by molar-refractivity contribution is -0.513. The van der Waals surface area contributed by atoms with Crippen molar-refractivity contribution in [2.24, 2.45) is 27.6 Å². The molecule has 0 bridgehead atoms. The summed E-state index contributed by atoms with van der Waals surface area (Å²) in [5.41, 5.74) is 0.672. The van der Waals surface area contributed by atoms with Gasteiger partial charge in [0.1, 0.15) is 17.2 Å². The molecule has 0 aliphatic heterocycles. The average molecular weight is 701 g/mol. The van der Waals surface area contributed by atoms with E-state index >= 15 is 0 Å². The molecule has 4 fully saturated rings. The van der Waals surface area contributed by atoms with Crippen molar-refractivity contribution >= 4 is 34.7 Å². The van der Waals surface area contributed by atoms with Crippen LogP contribution in [0.1, 0.15) is 74.9 Å². The van der Waals surface area contributed by atoms with E-state index in [9.17, 15) is 24.3 Å². The minimum absolute atomic E-state index is 0.00317. The van der Waals surface area contributed by atoms with Crippen molar-refractivity contribution in [1.82, 2.24) is 0 Å². The maximum absolute atomic E-state index is 14.6. The van der Waals surface area contributed by atoms with E-state index in [2.05, 4.69) is 19.6 Å². The van der Waals surface area contributed by atoms with Crippen LogP contribution in [0.4, 0.5) is 10.1 Å². The van der Waals surface area contributed by atoms with Gasteiger partial charge >= 0.3 is 5.97 Å². The molecular formula is C39H43FN3O6S+. The molecule has 7 atom stereocenters. The lowest BCUT2D eigenvalue weighted by Crippen LogP contribution is -2.76. The molecule has 0 radical (unpaired) electrons. The average Bonchev–Trinajstić information content (AvgIpc) is 3.37. The Morgan fingerprint density at radius 3 is 2.84 bits per heavy atom. The number of hydrogen-bond donors (Lipinski definition) is 3. The van der Waals surface area contributed by atoms with Crippen molar-refractivity contribution in [3.05, 3.63) is 89.3 Å². The first kappa shape index (κ1) is 34.6. The highest BCUT2D eigenvalue weighted by Crippen LogP contribution is 2.90. The predicted molar refractivity (Wildman–Crippen MR) is 185 cm³/mol. The van der Waals surface area contributed by atoms with Gasteiger partial charge in [-0.15, -0.1) is 6.58 Å². The third-order valence-corrected chi connectivity index (χ3v) is 14.0. The number of furan rings is 1. The highest BCUT2D eigenvalue weighted by atomic mass is 32.2. The van der Waals surface area contributed by atoms with Crippen LogP contribution in [-0.2, 0) is 20.9 Å². The summed E-state index contributed by atoms with van der Waals surface area (Å²) in [5.74, 6) is -1.13. The molecule has 2 aromatic rings. The quantitative estimate of drug-likeness (QED) is 0.0815. The molecule has 5 aliphatic rings. The third kappa shape index (κ3) is 4.79. The fraction of sp³-hybridized carbons (Fsp3) is 0.487. The van der Waals surface area contributed by atoms with Crippen molar-refractivity contribution in [2.75, 3.05) is 12.4 Å². The second-order valence-electron chi connectivity index (χ2n) is 15.1. The van der Waals surface area contributed by atoms with Crippen molar-refractivity contribution < 1.29 is 38.3 Å². The van der Waals surface area contributed by atoms with Crippen LogP contribution in [0.2, 0.25) is 0 Å². The Hall–Kier alpha value is -3.82. The third-order valence-electron chi connectivity index (χ3n) is 13.1. The van der Waals surface area contributed by atoms with Crippen molar-refractivity contribution in [1.29, 1.82) is 10.7 Å². The standard InChI is InChI=1S/C39H42FN3O6S/c1-4-14-47-22-24-17-27(7-8-28(24)40)43-29-18-26-9-11-37-23-38(37,35(26,2)19-25(29)21-42)32(44)20-36(3)31(37)10-12-39(36,34(46)50-16-13-41)49-33(45)30-6-5-15-48-30/h4-8,15,17-18,21,31-32,42-44H,1,9-12,14,16,19-20,22-23H2,2-3H3/p+1/t31?,32-,35-,36-,37+,38?,39-/m0/s1. The van der Waals surface area contributed by atoms with Crippen molar-refractivity contribution in [2.45, 2.75) is 77.1 Å². The zero-order valence-electron chi connectivity index (χ0n) is 28.4. The number of rotatable bonds is 11. The van der Waals surface area contributed by atoms with Gasteiger partial charge in [-0.3, -0.25) is 10.1 Å². The number of aliphatic hydroxyl groups is 1. The van der Waals surface area contributed by atoms with E-state index in [1.54, 1.807) is 24.3 Å². The molecule has 0 saturated heterocycles. The first-order valence-corrected chi connectivity index (χ1v) is 18.2. The first-order chi connectivity index (χ1) is 23.9. The van der Waals surface area contributed by atoms with E-state index in [1.165, 1.54) is 30.2 Å². The fourth-order valence-electron chi connectivity index (χ4n) is 11.0. The fourth-order valence-corrected chi connectivity index (χ4v) is 11.8. The number of nitriles is 1. The summed E-state index contributed by atoms with van der Waals surface area (Å²) in [6.07, 6.45) is 9.98. The smallest absolute Gasteiger partial charge is 0.375 e. The molecule has 50 heavy (non-hydrogen) atoms. The van der Waals surface area contributed by atoms with Crippen LogP contribution in [-0.4, -0.2) is 46.5 Å². The van der Waals surface area contributed by atoms with Gasteiger partial charge in [-0.2, -0.15) is 5.26 Å². The predicted octanol–water partition coefficient (Wildman–Crippen LogP) is 6.29. The molecule has 4 N–H and O–H groups in total. The van der Waals surface area contributed by atoms with Gasteiger partial charge in [0.2, 0.25) is 10.9 Å². The highest BCUT2D eigenvalue weighted by Gasteiger charge is 2.88. The van der Waals surface area contributed by atoms with Gasteiger partial charge < -0.3 is 24.4 Å². The summed E-state index contributed by atoms with van der Waals surface area (Å²) in [7, 11) is 0. The maximum atomic E-state index is 14.6. The second-order valence-corrected chi connectivity index (χ2v) is 16.0. The molecule has 7 rings (SSSR count). The summed E-state index contributed by atoms with van der Waals surface area (Å²) < 4.78 is 31.6. The molecule has 1 heterocycles. The number of carbonyl (C=O) groups excluding carboxylic acids is 2. The van der Waals surface area contributed by atoms with Gasteiger partial charge in [-0.05, 0) is 80.6 Å². The largest absolute Gasteiger partial charge is 0.457 e. The Morgan fingerprint density at radius 1 is 1.30 bits per heavy atom. The van der Waals surface area contributed by atoms with Crippen LogP contribution >= 0.6 is 11.8 Å². The molecule has 0 spiro atoms. The van der Waals surface area contributed by atoms with Crippen LogP contribution in [0.5, 0.6) is 0 Å². The number of carbonyl (C=O) groups is 2. The van der Waals surface area contributed by atoms with E-state index in [4.69, 9.17) is 19.3 Å². The number of halogens is 1. The van der Waals surface area contributed by atoms with Crippen molar-refractivity contribution in [3.8, 4) is 6.07 Å². The number of esters is 1. The molecule has 5 aliphatic carbocycles. The number of benzene rings is 1. The van der Waals surface area contributed by atoms with E-state index in [-0.39, 0.29) is 46.8 Å². The number of aliphatic hydroxyl groups excluding tert-OH is 1. The summed E-state index contributed by atoms with van der Waals surface area (Å²) in [6.45, 7) is 8.32. The maximum Gasteiger partial charge on any atom is 0.375 e. The number of allylic oxidation sites excluding steroid dienone is 3. The highest BCUT2D eigenvalue weighted by molar-refractivity contribution is 8.14. The zero-order chi connectivity index (χ0) is 35.5. The van der Waals surface area contributed by atoms with Gasteiger partial charge in [0, 0.05) is 45.7 Å². The SMILES string of the molecule is C=CCOCc1cc([NH2+]C2=C(C=N)C[C@@]3(C)C(=C2)CC[C@]24CC23[C@@H](O)C[C@@]2(C)C4CC[C@]2(OC(=O)c2ccco2)C(=O)SCC#N)ccc1F. The summed E-state index contributed by atoms with van der Waals surface area (Å²) in [6, 6.07) is 10.1. The molecule has 11 heteroatoms. The summed E-state index contributed by atoms with van der Waals surface area (Å²) >= 11 is 0.871. The van der Waals surface area contributed by atoms with Crippen LogP contribution in [0.25, 0.3) is 0 Å². The van der Waals surface area contributed by atoms with Gasteiger partial charge in [-0.25, -0.2) is 9.18 Å². The Labute approximate surface area is 295 Å². The molecule has 262 valence electrons. The molecular weight excluding hydrogens is 658 g/mol. The number of fused-ring (bicyclic) bond motifs is 2. The topological polar surface area (TPSA) is 150 Å². The van der Waals surface area contributed by atoms with Crippen LogP contribution in [0.3, 0.4) is 0 Å². The second kappa shape index (κ2) is 12.4. The van der Waals surface area contributed by atoms with Crippen LogP contribution < -0.4 is 5.32 Å². The van der Waals surface area contributed by atoms with Crippen molar-refractivity contribution in [3.63, 3.8) is 0 Å². The first-order valence-electron chi connectivity index (χ1n) is 17.2. The molecule has 1 aromatic carbocycles. The monoisotopic (exact) mass is 700 g/mol. The van der Waals surface area contributed by atoms with Crippen LogP contribution in [0.15, 0.2) is 76.6 Å². The molecule has 0 amide bonds. The normalized spacial score (nSPS) is 35.1. The molecule has 2 unspecified atom stereocenters. The van der Waals surface area contributed by atoms with E-state index in [0.29, 0.717) is 31.4 Å². The van der Waals surface area contributed by atoms with Gasteiger partial charge in [0.25, 0.3) is 0 Å². The lowest BCUT2D eigenvalue weighted by Gasteiger charge is -2.60. The van der Waals surface area contributed by atoms with Gasteiger partial charge in [0.15, 0.2) is 5.60 Å². The van der Waals surface area contributed by atoms with E-state index in [0.717, 1.165) is 48.0 Å². The Morgan fingerprint density at radius 2 is 2.12 bits per heavy atom. The number of hydrogen-bond acceptors (Lipinski definition) is 9. The number of nitrogens with one attached hydrogen (secondary N) is 1. The minimum atomic E-state index is -1.52. The Bertz CT molecular complexity index is 1870. The van der Waals surface area contributed by atoms with Gasteiger partial charge in [0.05, 0.1) is 37.4 Å². The minimum Gasteiger partial charge on any atom is -0.457 e.